The zero-order chi connectivity index (χ0) is 24.0. The number of hydrogen-bond donors (Lipinski definition) is 2. The molecule has 0 aliphatic heterocycles. The molecule has 172 valence electrons. The largest absolute Gasteiger partial charge is 0.358 e. The van der Waals surface area contributed by atoms with Crippen LogP contribution in [0.25, 0.3) is 27.8 Å². The van der Waals surface area contributed by atoms with Crippen LogP contribution in [0.1, 0.15) is 25.2 Å². The second kappa shape index (κ2) is 8.41. The summed E-state index contributed by atoms with van der Waals surface area (Å²) >= 11 is 6.08. The summed E-state index contributed by atoms with van der Waals surface area (Å²) < 4.78 is 43.4. The lowest BCUT2D eigenvalue weighted by Gasteiger charge is -2.22. The number of H-pyrrole nitrogens is 1. The zero-order valence-electron chi connectivity index (χ0n) is 17.5. The average Bonchev–Trinajstić information content (AvgIpc) is 3.28. The zero-order valence-corrected chi connectivity index (χ0v) is 18.2. The third kappa shape index (κ3) is 3.63. The van der Waals surface area contributed by atoms with Gasteiger partial charge in [-0.1, -0.05) is 18.5 Å². The summed E-state index contributed by atoms with van der Waals surface area (Å²) in [6.45, 7) is 1.82. The number of anilines is 1. The Morgan fingerprint density at radius 1 is 1.12 bits per heavy atom. The molecule has 0 fully saturated rings. The van der Waals surface area contributed by atoms with Gasteiger partial charge in [0.15, 0.2) is 11.5 Å². The first-order valence-corrected chi connectivity index (χ1v) is 10.5. The fraction of sp³-hybridized carbons (Fsp3) is 0.136. The van der Waals surface area contributed by atoms with Gasteiger partial charge in [-0.05, 0) is 30.7 Å². The summed E-state index contributed by atoms with van der Waals surface area (Å²) in [5.41, 5.74) is 0.179. The molecule has 5 rings (SSSR count). The number of aromatic amines is 1. The second-order valence-corrected chi connectivity index (χ2v) is 7.80. The third-order valence-electron chi connectivity index (χ3n) is 5.31. The molecule has 8 nitrogen and oxygen atoms in total. The minimum Gasteiger partial charge on any atom is -0.358 e. The smallest absolute Gasteiger partial charge is 0.267 e. The van der Waals surface area contributed by atoms with Crippen LogP contribution in [0.15, 0.2) is 47.8 Å². The van der Waals surface area contributed by atoms with Crippen LogP contribution in [0.4, 0.5) is 19.0 Å². The van der Waals surface area contributed by atoms with E-state index < -0.39 is 34.1 Å². The molecule has 0 aliphatic rings. The standard InChI is InChI=1S/C22H15ClF3N7O/c1-2-14(31-20-18-19(28-8-27-18)29-9-30-20)21-32-15-4-3-13(26)17(23)16(15)22(34)33(21)12-6-10(24)5-11(25)7-12/h3-9,14H,2H2,1H3,(H2,27,28,29,30,31). The highest BCUT2D eigenvalue weighted by molar-refractivity contribution is 6.35. The lowest BCUT2D eigenvalue weighted by Crippen LogP contribution is -2.29. The van der Waals surface area contributed by atoms with Gasteiger partial charge in [-0.25, -0.2) is 33.1 Å². The topological polar surface area (TPSA) is 101 Å². The molecule has 1 atom stereocenters. The lowest BCUT2D eigenvalue weighted by atomic mass is 10.1. The number of nitrogens with one attached hydrogen (secondary N) is 2. The highest BCUT2D eigenvalue weighted by Gasteiger charge is 2.24. The van der Waals surface area contributed by atoms with Crippen LogP contribution in [0.2, 0.25) is 5.02 Å². The van der Waals surface area contributed by atoms with Crippen LogP contribution in [-0.4, -0.2) is 29.5 Å². The number of fused-ring (bicyclic) bond motifs is 2. The quantitative estimate of drug-likeness (QED) is 0.374. The van der Waals surface area contributed by atoms with E-state index in [0.29, 0.717) is 29.5 Å². The molecule has 0 radical (unpaired) electrons. The Morgan fingerprint density at radius 2 is 1.88 bits per heavy atom. The highest BCUT2D eigenvalue weighted by Crippen LogP contribution is 2.29. The van der Waals surface area contributed by atoms with Crippen molar-refractivity contribution in [2.24, 2.45) is 0 Å². The van der Waals surface area contributed by atoms with Crippen LogP contribution >= 0.6 is 11.6 Å². The Bertz CT molecular complexity index is 1600. The first kappa shape index (κ1) is 21.8. The van der Waals surface area contributed by atoms with Crippen molar-refractivity contribution in [3.63, 3.8) is 0 Å². The normalized spacial score (nSPS) is 12.4. The van der Waals surface area contributed by atoms with E-state index in [9.17, 15) is 18.0 Å². The van der Waals surface area contributed by atoms with Gasteiger partial charge in [0, 0.05) is 6.07 Å². The number of nitrogens with zero attached hydrogens (tertiary/aromatic N) is 5. The highest BCUT2D eigenvalue weighted by atomic mass is 35.5. The number of halogens is 4. The molecule has 0 saturated heterocycles. The second-order valence-electron chi connectivity index (χ2n) is 7.42. The maximum absolute atomic E-state index is 14.2. The number of benzene rings is 2. The van der Waals surface area contributed by atoms with E-state index in [2.05, 4.69) is 30.2 Å². The van der Waals surface area contributed by atoms with Gasteiger partial charge >= 0.3 is 0 Å². The Balaban J connectivity index is 1.78. The summed E-state index contributed by atoms with van der Waals surface area (Å²) in [6, 6.07) is 4.40. The number of aromatic nitrogens is 6. The number of hydrogen-bond acceptors (Lipinski definition) is 6. The van der Waals surface area contributed by atoms with Crippen molar-refractivity contribution in [2.45, 2.75) is 19.4 Å². The van der Waals surface area contributed by atoms with Crippen molar-refractivity contribution in [3.8, 4) is 5.69 Å². The van der Waals surface area contributed by atoms with Crippen LogP contribution in [0.5, 0.6) is 0 Å². The molecule has 2 N–H and O–H groups in total. The van der Waals surface area contributed by atoms with Crippen LogP contribution in [0, 0.1) is 17.5 Å². The molecular weight excluding hydrogens is 471 g/mol. The maximum atomic E-state index is 14.2. The molecule has 0 spiro atoms. The first-order valence-electron chi connectivity index (χ1n) is 10.1. The molecule has 0 bridgehead atoms. The van der Waals surface area contributed by atoms with E-state index in [1.807, 2.05) is 6.92 Å². The molecule has 1 unspecified atom stereocenters. The summed E-state index contributed by atoms with van der Waals surface area (Å²) in [6.07, 6.45) is 3.18. The Hall–Kier alpha value is -3.99. The predicted octanol–water partition coefficient (Wildman–Crippen LogP) is 4.69. The minimum absolute atomic E-state index is 0.120. The predicted molar refractivity (Wildman–Crippen MR) is 121 cm³/mol. The van der Waals surface area contributed by atoms with Crippen LogP contribution in [-0.2, 0) is 0 Å². The molecule has 3 heterocycles. The fourth-order valence-corrected chi connectivity index (χ4v) is 4.00. The van der Waals surface area contributed by atoms with Crippen molar-refractivity contribution in [2.75, 3.05) is 5.32 Å². The SMILES string of the molecule is CCC(Nc1ncnc2[nH]cnc12)c1nc2ccc(F)c(Cl)c2c(=O)n1-c1cc(F)cc(F)c1. The van der Waals surface area contributed by atoms with Crippen molar-refractivity contribution in [1.82, 2.24) is 29.5 Å². The summed E-state index contributed by atoms with van der Waals surface area (Å²) in [7, 11) is 0. The molecule has 0 saturated carbocycles. The third-order valence-corrected chi connectivity index (χ3v) is 5.68. The van der Waals surface area contributed by atoms with Crippen molar-refractivity contribution in [1.29, 1.82) is 0 Å². The fourth-order valence-electron chi connectivity index (χ4n) is 3.76. The summed E-state index contributed by atoms with van der Waals surface area (Å²) in [5.74, 6) is -2.12. The van der Waals surface area contributed by atoms with E-state index in [1.165, 1.54) is 18.7 Å². The van der Waals surface area contributed by atoms with E-state index in [-0.39, 0.29) is 22.4 Å². The van der Waals surface area contributed by atoms with E-state index in [0.717, 1.165) is 22.8 Å². The summed E-state index contributed by atoms with van der Waals surface area (Å²) in [5, 5.41) is 2.55. The van der Waals surface area contributed by atoms with Gasteiger partial charge in [-0.15, -0.1) is 0 Å². The molecule has 0 amide bonds. The molecule has 3 aromatic heterocycles. The van der Waals surface area contributed by atoms with Crippen molar-refractivity contribution < 1.29 is 13.2 Å². The monoisotopic (exact) mass is 485 g/mol. The molecule has 34 heavy (non-hydrogen) atoms. The van der Waals surface area contributed by atoms with Crippen molar-refractivity contribution >= 4 is 39.5 Å². The molecular formula is C22H15ClF3N7O. The van der Waals surface area contributed by atoms with Crippen molar-refractivity contribution in [3.05, 3.63) is 81.6 Å². The molecule has 12 heteroatoms. The van der Waals surface area contributed by atoms with Gasteiger partial charge in [0.1, 0.15) is 35.1 Å². The van der Waals surface area contributed by atoms with Gasteiger partial charge in [0.2, 0.25) is 0 Å². The Morgan fingerprint density at radius 3 is 2.62 bits per heavy atom. The van der Waals surface area contributed by atoms with Gasteiger partial charge in [0.05, 0.1) is 34.0 Å². The van der Waals surface area contributed by atoms with Gasteiger partial charge < -0.3 is 10.3 Å². The Labute approximate surface area is 194 Å². The number of imidazole rings is 1. The van der Waals surface area contributed by atoms with Gasteiger partial charge in [0.25, 0.3) is 5.56 Å². The maximum Gasteiger partial charge on any atom is 0.267 e. The molecule has 5 aromatic rings. The van der Waals surface area contributed by atoms with Crippen LogP contribution in [0.3, 0.4) is 0 Å². The molecule has 2 aromatic carbocycles. The summed E-state index contributed by atoms with van der Waals surface area (Å²) in [4.78, 5) is 33.5. The minimum atomic E-state index is -0.895. The Kier molecular flexibility index (Phi) is 5.40. The van der Waals surface area contributed by atoms with E-state index >= 15 is 0 Å². The average molecular weight is 486 g/mol. The van der Waals surface area contributed by atoms with Gasteiger partial charge in [-0.2, -0.15) is 0 Å². The van der Waals surface area contributed by atoms with E-state index in [1.54, 1.807) is 0 Å². The lowest BCUT2D eigenvalue weighted by molar-refractivity contribution is 0.578. The van der Waals surface area contributed by atoms with Crippen LogP contribution < -0.4 is 10.9 Å². The van der Waals surface area contributed by atoms with Gasteiger partial charge in [-0.3, -0.25) is 9.36 Å². The first-order chi connectivity index (χ1) is 16.4. The number of rotatable bonds is 5. The van der Waals surface area contributed by atoms with E-state index in [4.69, 9.17) is 11.6 Å². The molecule has 0 aliphatic carbocycles.